The van der Waals surface area contributed by atoms with E-state index in [2.05, 4.69) is 4.40 Å². The first-order valence-corrected chi connectivity index (χ1v) is 6.35. The highest BCUT2D eigenvalue weighted by Gasteiger charge is 2.26. The van der Waals surface area contributed by atoms with Gasteiger partial charge in [0.1, 0.15) is 33.5 Å². The summed E-state index contributed by atoms with van der Waals surface area (Å²) in [6, 6.07) is 2.09. The van der Waals surface area contributed by atoms with E-state index in [4.69, 9.17) is 4.74 Å². The lowest BCUT2D eigenvalue weighted by molar-refractivity contribution is 0.406. The maximum atomic E-state index is 13.5. The number of nitrogens with zero attached hydrogens (tertiary/aromatic N) is 1. The van der Waals surface area contributed by atoms with E-state index in [9.17, 15) is 13.3 Å². The van der Waals surface area contributed by atoms with Crippen LogP contribution in [0.5, 0.6) is 5.75 Å². The molecule has 0 N–H and O–H groups in total. The minimum absolute atomic E-state index is 0.0825. The van der Waals surface area contributed by atoms with Gasteiger partial charge in [-0.2, -0.15) is 0 Å². The fraction of sp³-hybridized carbons (Fsp3) is 0.417. The maximum Gasteiger partial charge on any atom is 0.144 e. The van der Waals surface area contributed by atoms with Crippen LogP contribution in [0.2, 0.25) is 0 Å². The van der Waals surface area contributed by atoms with Gasteiger partial charge in [0.2, 0.25) is 0 Å². The van der Waals surface area contributed by atoms with Gasteiger partial charge in [0.15, 0.2) is 0 Å². The van der Waals surface area contributed by atoms with E-state index >= 15 is 0 Å². The summed E-state index contributed by atoms with van der Waals surface area (Å²) in [7, 11) is 1.32. The molecule has 0 aliphatic heterocycles. The van der Waals surface area contributed by atoms with Crippen LogP contribution in [0.4, 0.5) is 8.78 Å². The molecular formula is C12H15F2NO2S. The molecular weight excluding hydrogens is 260 g/mol. The predicted molar refractivity (Wildman–Crippen MR) is 68.4 cm³/mol. The van der Waals surface area contributed by atoms with E-state index in [-0.39, 0.29) is 11.3 Å². The quantitative estimate of drug-likeness (QED) is 0.629. The van der Waals surface area contributed by atoms with Gasteiger partial charge in [-0.25, -0.2) is 8.78 Å². The summed E-state index contributed by atoms with van der Waals surface area (Å²) in [4.78, 5) is 0. The summed E-state index contributed by atoms with van der Waals surface area (Å²) in [5.41, 5.74) is -0.326. The van der Waals surface area contributed by atoms with Crippen molar-refractivity contribution < 1.29 is 18.1 Å². The highest BCUT2D eigenvalue weighted by molar-refractivity contribution is 7.91. The molecule has 0 saturated carbocycles. The third-order valence-corrected chi connectivity index (χ3v) is 3.43. The van der Waals surface area contributed by atoms with Crippen LogP contribution in [0, 0.1) is 11.6 Å². The van der Waals surface area contributed by atoms with Crippen molar-refractivity contribution in [3.8, 4) is 5.75 Å². The number of methoxy groups -OCH3 is 1. The number of halogens is 2. The summed E-state index contributed by atoms with van der Waals surface area (Å²) >= 11 is -1.56. The average molecular weight is 275 g/mol. The Kier molecular flexibility index (Phi) is 4.70. The molecule has 0 radical (unpaired) electrons. The van der Waals surface area contributed by atoms with Crippen molar-refractivity contribution in [2.45, 2.75) is 25.5 Å². The molecule has 1 aromatic carbocycles. The zero-order chi connectivity index (χ0) is 13.9. The van der Waals surface area contributed by atoms with E-state index in [1.54, 1.807) is 20.8 Å². The van der Waals surface area contributed by atoms with Gasteiger partial charge in [-0.15, -0.1) is 0 Å². The molecule has 18 heavy (non-hydrogen) atoms. The molecule has 0 saturated heterocycles. The van der Waals surface area contributed by atoms with Gasteiger partial charge in [-0.3, -0.25) is 0 Å². The molecule has 0 spiro atoms. The van der Waals surface area contributed by atoms with Crippen molar-refractivity contribution in [1.29, 1.82) is 0 Å². The number of ether oxygens (including phenoxy) is 1. The highest BCUT2D eigenvalue weighted by atomic mass is 32.2. The molecule has 6 heteroatoms. The SMILES string of the molecule is COc1cc(F)c(/C=N/[S@+]([O-])C(C)(C)C)c(F)c1. The second-order valence-electron chi connectivity index (χ2n) is 4.60. The smallest absolute Gasteiger partial charge is 0.144 e. The lowest BCUT2D eigenvalue weighted by Crippen LogP contribution is -2.25. The number of benzene rings is 1. The molecule has 1 aromatic rings. The Morgan fingerprint density at radius 3 is 2.17 bits per heavy atom. The fourth-order valence-corrected chi connectivity index (χ4v) is 1.58. The first-order valence-electron chi connectivity index (χ1n) is 5.25. The minimum Gasteiger partial charge on any atom is -0.591 e. The van der Waals surface area contributed by atoms with Gasteiger partial charge < -0.3 is 9.29 Å². The largest absolute Gasteiger partial charge is 0.591 e. The number of rotatable bonds is 3. The van der Waals surface area contributed by atoms with Crippen LogP contribution in [0.3, 0.4) is 0 Å². The van der Waals surface area contributed by atoms with Crippen molar-refractivity contribution in [3.05, 3.63) is 29.3 Å². The summed E-state index contributed by atoms with van der Waals surface area (Å²) in [5.74, 6) is -1.53. The topological polar surface area (TPSA) is 44.6 Å². The molecule has 0 bridgehead atoms. The molecule has 0 heterocycles. The minimum atomic E-state index is -1.56. The molecule has 100 valence electrons. The first-order chi connectivity index (χ1) is 8.25. The van der Waals surface area contributed by atoms with Gasteiger partial charge in [0, 0.05) is 12.1 Å². The Morgan fingerprint density at radius 1 is 1.28 bits per heavy atom. The maximum absolute atomic E-state index is 13.5. The van der Waals surface area contributed by atoms with Crippen molar-refractivity contribution in [3.63, 3.8) is 0 Å². The Bertz CT molecular complexity index is 435. The summed E-state index contributed by atoms with van der Waals surface area (Å²) < 4.78 is 46.5. The van der Waals surface area contributed by atoms with Gasteiger partial charge in [0.25, 0.3) is 0 Å². The van der Waals surface area contributed by atoms with Crippen LogP contribution < -0.4 is 4.74 Å². The number of hydrogen-bond acceptors (Lipinski definition) is 3. The molecule has 0 aromatic heterocycles. The Labute approximate surface area is 108 Å². The van der Waals surface area contributed by atoms with E-state index in [1.165, 1.54) is 7.11 Å². The summed E-state index contributed by atoms with van der Waals surface area (Å²) in [5, 5.41) is 0. The third-order valence-electron chi connectivity index (χ3n) is 2.09. The first kappa shape index (κ1) is 14.9. The highest BCUT2D eigenvalue weighted by Crippen LogP contribution is 2.21. The molecule has 1 atom stereocenters. The van der Waals surface area contributed by atoms with Crippen LogP contribution in [-0.4, -0.2) is 22.6 Å². The van der Waals surface area contributed by atoms with Gasteiger partial charge in [0.05, 0.1) is 18.9 Å². The summed E-state index contributed by atoms with van der Waals surface area (Å²) in [6.07, 6.45) is 0.950. The molecule has 0 amide bonds. The fourth-order valence-electron chi connectivity index (χ4n) is 1.06. The molecule has 0 unspecified atom stereocenters. The van der Waals surface area contributed by atoms with E-state index < -0.39 is 27.7 Å². The van der Waals surface area contributed by atoms with E-state index in [0.29, 0.717) is 0 Å². The molecule has 0 aliphatic rings. The standard InChI is InChI=1S/C12H15F2NO2S/c1-12(2,3)18(16)15-7-9-10(13)5-8(17-4)6-11(9)14/h5-7H,1-4H3/b15-7+/t18-/m1/s1. The zero-order valence-electron chi connectivity index (χ0n) is 10.7. The Morgan fingerprint density at radius 2 is 1.78 bits per heavy atom. The third kappa shape index (κ3) is 3.68. The van der Waals surface area contributed by atoms with Crippen LogP contribution in [0.1, 0.15) is 26.3 Å². The Balaban J connectivity index is 3.02. The van der Waals surface area contributed by atoms with E-state index in [0.717, 1.165) is 18.3 Å². The molecule has 3 nitrogen and oxygen atoms in total. The van der Waals surface area contributed by atoms with Crippen LogP contribution in [-0.2, 0) is 11.4 Å². The Hall–Kier alpha value is -1.14. The normalized spacial score (nSPS) is 13.9. The average Bonchev–Trinajstić information content (AvgIpc) is 2.25. The zero-order valence-corrected chi connectivity index (χ0v) is 11.5. The second-order valence-corrected chi connectivity index (χ2v) is 6.53. The molecule has 1 rings (SSSR count). The number of hydrogen-bond donors (Lipinski definition) is 0. The van der Waals surface area contributed by atoms with Crippen LogP contribution in [0.15, 0.2) is 16.5 Å². The second kappa shape index (κ2) is 5.67. The lowest BCUT2D eigenvalue weighted by atomic mass is 10.2. The van der Waals surface area contributed by atoms with Crippen molar-refractivity contribution >= 4 is 17.6 Å². The molecule has 0 fully saturated rings. The van der Waals surface area contributed by atoms with Crippen LogP contribution in [0.25, 0.3) is 0 Å². The van der Waals surface area contributed by atoms with Gasteiger partial charge >= 0.3 is 0 Å². The van der Waals surface area contributed by atoms with E-state index in [1.807, 2.05) is 0 Å². The van der Waals surface area contributed by atoms with Crippen molar-refractivity contribution in [2.75, 3.05) is 7.11 Å². The lowest BCUT2D eigenvalue weighted by Gasteiger charge is -2.17. The van der Waals surface area contributed by atoms with Crippen molar-refractivity contribution in [1.82, 2.24) is 0 Å². The predicted octanol–water partition coefficient (Wildman–Crippen LogP) is 2.85. The van der Waals surface area contributed by atoms with Gasteiger partial charge in [-0.1, -0.05) is 4.40 Å². The summed E-state index contributed by atoms with van der Waals surface area (Å²) in [6.45, 7) is 5.17. The van der Waals surface area contributed by atoms with Crippen molar-refractivity contribution in [2.24, 2.45) is 4.40 Å². The monoisotopic (exact) mass is 275 g/mol. The van der Waals surface area contributed by atoms with Gasteiger partial charge in [-0.05, 0) is 20.8 Å². The van der Waals surface area contributed by atoms with Crippen LogP contribution >= 0.6 is 0 Å². The molecule has 0 aliphatic carbocycles.